The normalized spacial score (nSPS) is 31.2. The van der Waals surface area contributed by atoms with E-state index in [0.29, 0.717) is 5.56 Å². The highest BCUT2D eigenvalue weighted by molar-refractivity contribution is 5.96. The van der Waals surface area contributed by atoms with Gasteiger partial charge < -0.3 is 25.5 Å². The van der Waals surface area contributed by atoms with Gasteiger partial charge in [0, 0.05) is 12.8 Å². The van der Waals surface area contributed by atoms with Crippen LogP contribution in [0.25, 0.3) is 6.08 Å². The number of aliphatic hydroxyl groups excluding tert-OH is 2. The molecule has 0 unspecified atom stereocenters. The number of ketones is 1. The van der Waals surface area contributed by atoms with Crippen LogP contribution in [0.2, 0.25) is 0 Å². The van der Waals surface area contributed by atoms with Crippen molar-refractivity contribution < 1.29 is 35.1 Å². The molecule has 0 bridgehead atoms. The summed E-state index contributed by atoms with van der Waals surface area (Å²) in [5.41, 5.74) is -1.60. The highest BCUT2D eigenvalue weighted by atomic mass is 16.4. The van der Waals surface area contributed by atoms with Crippen molar-refractivity contribution in [2.75, 3.05) is 0 Å². The molecule has 0 saturated heterocycles. The van der Waals surface area contributed by atoms with Crippen LogP contribution in [0.1, 0.15) is 18.4 Å². The molecule has 23 heavy (non-hydrogen) atoms. The summed E-state index contributed by atoms with van der Waals surface area (Å²) in [6.45, 7) is 0. The number of allylic oxidation sites excluding steroid dienone is 1. The number of hydrogen-bond donors (Lipinski definition) is 5. The molecule has 0 aromatic heterocycles. The van der Waals surface area contributed by atoms with Gasteiger partial charge in [0.25, 0.3) is 0 Å². The SMILES string of the molecule is O=C(/C=C/c1ccc(O)cc1)C1[C@H](O)CC(O)(C(=O)O)C[C@H]1O. The summed E-state index contributed by atoms with van der Waals surface area (Å²) in [5, 5.41) is 47.9. The first-order chi connectivity index (χ1) is 10.7. The van der Waals surface area contributed by atoms with Gasteiger partial charge >= 0.3 is 5.97 Å². The number of rotatable bonds is 4. The van der Waals surface area contributed by atoms with Crippen molar-refractivity contribution in [3.8, 4) is 5.75 Å². The van der Waals surface area contributed by atoms with Gasteiger partial charge in [-0.25, -0.2) is 4.79 Å². The number of phenolic OH excluding ortho intramolecular Hbond substituents is 1. The summed E-state index contributed by atoms with van der Waals surface area (Å²) >= 11 is 0. The quantitative estimate of drug-likeness (QED) is 0.489. The number of aliphatic carboxylic acids is 1. The number of aliphatic hydroxyl groups is 3. The fourth-order valence-corrected chi connectivity index (χ4v) is 2.71. The first-order valence-electron chi connectivity index (χ1n) is 7.06. The third-order valence-corrected chi connectivity index (χ3v) is 3.98. The summed E-state index contributed by atoms with van der Waals surface area (Å²) in [7, 11) is 0. The van der Waals surface area contributed by atoms with E-state index in [4.69, 9.17) is 5.11 Å². The Morgan fingerprint density at radius 3 is 2.09 bits per heavy atom. The molecule has 2 rings (SSSR count). The second-order valence-electron chi connectivity index (χ2n) is 5.73. The maximum atomic E-state index is 12.2. The average molecular weight is 322 g/mol. The molecule has 1 aliphatic rings. The number of carbonyl (C=O) groups excluding carboxylic acids is 1. The van der Waals surface area contributed by atoms with E-state index in [1.54, 1.807) is 12.1 Å². The average Bonchev–Trinajstić information content (AvgIpc) is 2.45. The van der Waals surface area contributed by atoms with Crippen molar-refractivity contribution in [2.24, 2.45) is 5.92 Å². The Kier molecular flexibility index (Phi) is 4.84. The summed E-state index contributed by atoms with van der Waals surface area (Å²) < 4.78 is 0. The molecule has 2 atom stereocenters. The lowest BCUT2D eigenvalue weighted by Crippen LogP contribution is -2.55. The van der Waals surface area contributed by atoms with Crippen molar-refractivity contribution in [1.29, 1.82) is 0 Å². The molecule has 7 heteroatoms. The summed E-state index contributed by atoms with van der Waals surface area (Å²) in [6.07, 6.45) is -1.34. The molecular formula is C16H18O7. The predicted molar refractivity (Wildman–Crippen MR) is 79.5 cm³/mol. The molecule has 5 N–H and O–H groups in total. The van der Waals surface area contributed by atoms with Gasteiger partial charge in [-0.2, -0.15) is 0 Å². The summed E-state index contributed by atoms with van der Waals surface area (Å²) in [5.74, 6) is -3.21. The first-order valence-corrected chi connectivity index (χ1v) is 7.06. The second-order valence-corrected chi connectivity index (χ2v) is 5.73. The standard InChI is InChI=1S/C16H18O7/c17-10-4-1-9(2-5-10)3-6-11(18)14-12(19)7-16(23,15(21)22)8-13(14)20/h1-6,12-14,17,19-20,23H,7-8H2,(H,21,22)/b6-3+/t12-,13-,14?,16?/m1/s1. The highest BCUT2D eigenvalue weighted by Gasteiger charge is 2.50. The number of carbonyl (C=O) groups is 2. The number of phenols is 1. The molecule has 0 radical (unpaired) electrons. The van der Waals surface area contributed by atoms with E-state index >= 15 is 0 Å². The van der Waals surface area contributed by atoms with E-state index in [2.05, 4.69) is 0 Å². The van der Waals surface area contributed by atoms with Crippen molar-refractivity contribution in [3.63, 3.8) is 0 Å². The molecule has 0 aliphatic heterocycles. The molecule has 0 amide bonds. The Morgan fingerprint density at radius 2 is 1.61 bits per heavy atom. The third-order valence-electron chi connectivity index (χ3n) is 3.98. The largest absolute Gasteiger partial charge is 0.508 e. The van der Waals surface area contributed by atoms with Crippen molar-refractivity contribution in [2.45, 2.75) is 30.7 Å². The number of carboxylic acid groups (broad SMARTS) is 1. The zero-order chi connectivity index (χ0) is 17.2. The molecule has 1 fully saturated rings. The van der Waals surface area contributed by atoms with Crippen molar-refractivity contribution in [3.05, 3.63) is 35.9 Å². The van der Waals surface area contributed by atoms with Gasteiger partial charge in [-0.15, -0.1) is 0 Å². The minimum Gasteiger partial charge on any atom is -0.508 e. The van der Waals surface area contributed by atoms with Crippen molar-refractivity contribution in [1.82, 2.24) is 0 Å². The zero-order valence-electron chi connectivity index (χ0n) is 12.2. The lowest BCUT2D eigenvalue weighted by atomic mass is 9.73. The van der Waals surface area contributed by atoms with E-state index < -0.39 is 48.3 Å². The number of aromatic hydroxyl groups is 1. The highest BCUT2D eigenvalue weighted by Crippen LogP contribution is 2.34. The lowest BCUT2D eigenvalue weighted by Gasteiger charge is -2.38. The van der Waals surface area contributed by atoms with Gasteiger partial charge in [0.05, 0.1) is 18.1 Å². The summed E-state index contributed by atoms with van der Waals surface area (Å²) in [6, 6.07) is 6.05. The Labute approximate surface area is 132 Å². The molecule has 1 aromatic carbocycles. The van der Waals surface area contributed by atoms with Crippen molar-refractivity contribution >= 4 is 17.8 Å². The fraction of sp³-hybridized carbons (Fsp3) is 0.375. The molecule has 1 aliphatic carbocycles. The van der Waals surface area contributed by atoms with Gasteiger partial charge in [0.15, 0.2) is 11.4 Å². The van der Waals surface area contributed by atoms with Crippen LogP contribution in [0, 0.1) is 5.92 Å². The molecule has 1 aromatic rings. The van der Waals surface area contributed by atoms with E-state index in [9.17, 15) is 30.0 Å². The Balaban J connectivity index is 2.10. The number of benzene rings is 1. The lowest BCUT2D eigenvalue weighted by molar-refractivity contribution is -0.180. The van der Waals surface area contributed by atoms with Crippen LogP contribution < -0.4 is 0 Å². The fourth-order valence-electron chi connectivity index (χ4n) is 2.71. The topological polar surface area (TPSA) is 135 Å². The predicted octanol–water partition coefficient (Wildman–Crippen LogP) is -0.0780. The third kappa shape index (κ3) is 3.76. The van der Waals surface area contributed by atoms with Gasteiger partial charge in [-0.1, -0.05) is 18.2 Å². The van der Waals surface area contributed by atoms with E-state index in [-0.39, 0.29) is 5.75 Å². The van der Waals surface area contributed by atoms with Gasteiger partial charge in [-0.05, 0) is 23.8 Å². The van der Waals surface area contributed by atoms with Crippen LogP contribution in [0.3, 0.4) is 0 Å². The Bertz CT molecular complexity index is 608. The molecule has 124 valence electrons. The number of hydrogen-bond acceptors (Lipinski definition) is 6. The molecule has 1 saturated carbocycles. The summed E-state index contributed by atoms with van der Waals surface area (Å²) in [4.78, 5) is 23.1. The minimum absolute atomic E-state index is 0.0829. The Hall–Kier alpha value is -2.22. The molecule has 0 spiro atoms. The molecule has 0 heterocycles. The van der Waals surface area contributed by atoms with Crippen LogP contribution in [-0.4, -0.2) is 55.1 Å². The van der Waals surface area contributed by atoms with Crippen LogP contribution in [-0.2, 0) is 9.59 Å². The van der Waals surface area contributed by atoms with Gasteiger partial charge in [-0.3, -0.25) is 4.79 Å². The zero-order valence-corrected chi connectivity index (χ0v) is 12.2. The van der Waals surface area contributed by atoms with Crippen LogP contribution in [0.4, 0.5) is 0 Å². The Morgan fingerprint density at radius 1 is 1.09 bits per heavy atom. The monoisotopic (exact) mass is 322 g/mol. The van der Waals surface area contributed by atoms with Crippen LogP contribution in [0.15, 0.2) is 30.3 Å². The first kappa shape index (κ1) is 17.1. The maximum Gasteiger partial charge on any atom is 0.335 e. The van der Waals surface area contributed by atoms with Gasteiger partial charge in [0.1, 0.15) is 5.75 Å². The van der Waals surface area contributed by atoms with Crippen LogP contribution >= 0.6 is 0 Å². The van der Waals surface area contributed by atoms with E-state index in [0.717, 1.165) is 0 Å². The molecular weight excluding hydrogens is 304 g/mol. The van der Waals surface area contributed by atoms with Gasteiger partial charge in [0.2, 0.25) is 0 Å². The smallest absolute Gasteiger partial charge is 0.335 e. The maximum absolute atomic E-state index is 12.2. The minimum atomic E-state index is -2.24. The number of carboxylic acids is 1. The second kappa shape index (κ2) is 6.49. The van der Waals surface area contributed by atoms with E-state index in [1.807, 2.05) is 0 Å². The van der Waals surface area contributed by atoms with Crippen LogP contribution in [0.5, 0.6) is 5.75 Å². The van der Waals surface area contributed by atoms with E-state index in [1.165, 1.54) is 24.3 Å². The molecule has 7 nitrogen and oxygen atoms in total.